The lowest BCUT2D eigenvalue weighted by Gasteiger charge is -2.41. The molecule has 0 aromatic rings. The summed E-state index contributed by atoms with van der Waals surface area (Å²) in [5.41, 5.74) is 0. The summed E-state index contributed by atoms with van der Waals surface area (Å²) in [6.45, 7) is 5.41. The van der Waals surface area contributed by atoms with E-state index in [1.807, 2.05) is 11.8 Å². The Morgan fingerprint density at radius 3 is 2.81 bits per heavy atom. The average Bonchev–Trinajstić information content (AvgIpc) is 3.02. The van der Waals surface area contributed by atoms with Crippen LogP contribution in [0.2, 0.25) is 0 Å². The summed E-state index contributed by atoms with van der Waals surface area (Å²) in [5, 5.41) is 10.5. The van der Waals surface area contributed by atoms with Crippen LogP contribution in [0.3, 0.4) is 0 Å². The lowest BCUT2D eigenvalue weighted by atomic mass is 9.72. The first-order valence-electron chi connectivity index (χ1n) is 8.73. The van der Waals surface area contributed by atoms with E-state index in [1.54, 1.807) is 0 Å². The zero-order valence-corrected chi connectivity index (χ0v) is 13.3. The van der Waals surface area contributed by atoms with Gasteiger partial charge in [-0.05, 0) is 56.8 Å². The van der Waals surface area contributed by atoms with Crippen molar-refractivity contribution in [3.8, 4) is 0 Å². The molecule has 0 spiro atoms. The van der Waals surface area contributed by atoms with Crippen LogP contribution in [-0.2, 0) is 4.74 Å². The highest BCUT2D eigenvalue weighted by atomic mass is 16.6. The van der Waals surface area contributed by atoms with Gasteiger partial charge >= 0.3 is 6.09 Å². The number of carbonyl (C=O) groups is 1. The van der Waals surface area contributed by atoms with Crippen LogP contribution in [-0.4, -0.2) is 41.4 Å². The maximum Gasteiger partial charge on any atom is 0.410 e. The summed E-state index contributed by atoms with van der Waals surface area (Å²) in [6, 6.07) is 0.203. The van der Waals surface area contributed by atoms with Crippen molar-refractivity contribution in [2.75, 3.05) is 13.2 Å². The van der Waals surface area contributed by atoms with Crippen LogP contribution in [0, 0.1) is 23.7 Å². The highest BCUT2D eigenvalue weighted by Crippen LogP contribution is 2.48. The van der Waals surface area contributed by atoms with Crippen molar-refractivity contribution < 1.29 is 14.6 Å². The Morgan fingerprint density at radius 2 is 2.05 bits per heavy atom. The Hall–Kier alpha value is -0.770. The number of rotatable bonds is 2. The van der Waals surface area contributed by atoms with E-state index in [9.17, 15) is 9.90 Å². The molecule has 1 N–H and O–H groups in total. The zero-order valence-electron chi connectivity index (χ0n) is 13.3. The molecule has 0 radical (unpaired) electrons. The smallest absolute Gasteiger partial charge is 0.410 e. The second kappa shape index (κ2) is 6.15. The highest BCUT2D eigenvalue weighted by molar-refractivity contribution is 5.68. The molecule has 1 amide bonds. The minimum absolute atomic E-state index is 0.165. The van der Waals surface area contributed by atoms with Crippen molar-refractivity contribution in [3.05, 3.63) is 0 Å². The maximum absolute atomic E-state index is 12.3. The fourth-order valence-electron chi connectivity index (χ4n) is 5.07. The van der Waals surface area contributed by atoms with Crippen LogP contribution in [0.25, 0.3) is 0 Å². The number of amides is 1. The van der Waals surface area contributed by atoms with Gasteiger partial charge in [0.15, 0.2) is 0 Å². The number of fused-ring (bicyclic) bond motifs is 1. The summed E-state index contributed by atoms with van der Waals surface area (Å²) in [5.74, 6) is 2.11. The number of hydrogen-bond acceptors (Lipinski definition) is 3. The molecule has 6 atom stereocenters. The molecule has 1 saturated heterocycles. The van der Waals surface area contributed by atoms with Crippen LogP contribution in [0.5, 0.6) is 0 Å². The number of aliphatic hydroxyl groups is 1. The Morgan fingerprint density at radius 1 is 1.24 bits per heavy atom. The minimum Gasteiger partial charge on any atom is -0.450 e. The van der Waals surface area contributed by atoms with E-state index in [0.29, 0.717) is 24.4 Å². The van der Waals surface area contributed by atoms with Gasteiger partial charge in [-0.25, -0.2) is 4.79 Å². The van der Waals surface area contributed by atoms with E-state index in [1.165, 1.54) is 19.3 Å². The zero-order chi connectivity index (χ0) is 15.0. The Labute approximate surface area is 127 Å². The SMILES string of the molecule is CCOC(=O)N1CC2CCCC2C1C1CC(C)CCC1O. The number of ether oxygens (including phenoxy) is 1. The van der Waals surface area contributed by atoms with Gasteiger partial charge in [0.2, 0.25) is 0 Å². The molecule has 3 aliphatic rings. The monoisotopic (exact) mass is 295 g/mol. The van der Waals surface area contributed by atoms with Gasteiger partial charge in [-0.1, -0.05) is 13.3 Å². The molecular weight excluding hydrogens is 266 g/mol. The molecule has 4 heteroatoms. The highest BCUT2D eigenvalue weighted by Gasteiger charge is 2.51. The van der Waals surface area contributed by atoms with Crippen LogP contribution >= 0.6 is 0 Å². The van der Waals surface area contributed by atoms with Gasteiger partial charge in [0.1, 0.15) is 0 Å². The summed E-state index contributed by atoms with van der Waals surface area (Å²) < 4.78 is 5.28. The number of likely N-dealkylation sites (tertiary alicyclic amines) is 1. The minimum atomic E-state index is -0.248. The molecule has 0 aromatic carbocycles. The second-order valence-electron chi connectivity index (χ2n) is 7.35. The first-order chi connectivity index (χ1) is 10.1. The fourth-order valence-corrected chi connectivity index (χ4v) is 5.07. The summed E-state index contributed by atoms with van der Waals surface area (Å²) in [6.07, 6.45) is 6.35. The molecule has 4 nitrogen and oxygen atoms in total. The van der Waals surface area contributed by atoms with E-state index in [4.69, 9.17) is 4.74 Å². The van der Waals surface area contributed by atoms with Crippen LogP contribution in [0.15, 0.2) is 0 Å². The summed E-state index contributed by atoms with van der Waals surface area (Å²) in [4.78, 5) is 14.3. The predicted octanol–water partition coefficient (Wildman–Crippen LogP) is 3.04. The Balaban J connectivity index is 1.81. The van der Waals surface area contributed by atoms with Gasteiger partial charge in [0.25, 0.3) is 0 Å². The van der Waals surface area contributed by atoms with Gasteiger partial charge in [-0.3, -0.25) is 0 Å². The number of aliphatic hydroxyl groups excluding tert-OH is 1. The Bertz CT molecular complexity index is 386. The third-order valence-corrected chi connectivity index (χ3v) is 6.01. The molecule has 0 aromatic heterocycles. The van der Waals surface area contributed by atoms with Crippen molar-refractivity contribution in [1.82, 2.24) is 4.90 Å². The topological polar surface area (TPSA) is 49.8 Å². The van der Waals surface area contributed by atoms with Gasteiger partial charge in [-0.2, -0.15) is 0 Å². The largest absolute Gasteiger partial charge is 0.450 e. The molecule has 2 saturated carbocycles. The van der Waals surface area contributed by atoms with Crippen LogP contribution in [0.4, 0.5) is 4.79 Å². The molecular formula is C17H29NO3. The van der Waals surface area contributed by atoms with Crippen molar-refractivity contribution in [2.24, 2.45) is 23.7 Å². The van der Waals surface area contributed by atoms with Crippen LogP contribution < -0.4 is 0 Å². The van der Waals surface area contributed by atoms with Crippen molar-refractivity contribution >= 4 is 6.09 Å². The van der Waals surface area contributed by atoms with Gasteiger partial charge < -0.3 is 14.7 Å². The lowest BCUT2D eigenvalue weighted by molar-refractivity contribution is -0.00462. The van der Waals surface area contributed by atoms with Gasteiger partial charge in [0.05, 0.1) is 12.7 Å². The first kappa shape index (κ1) is 15.1. The molecule has 3 fully saturated rings. The van der Waals surface area contributed by atoms with Crippen molar-refractivity contribution in [2.45, 2.75) is 64.5 Å². The maximum atomic E-state index is 12.3. The Kier molecular flexibility index (Phi) is 4.43. The molecule has 6 unspecified atom stereocenters. The summed E-state index contributed by atoms with van der Waals surface area (Å²) in [7, 11) is 0. The summed E-state index contributed by atoms with van der Waals surface area (Å²) >= 11 is 0. The average molecular weight is 295 g/mol. The standard InChI is InChI=1S/C17H29NO3/c1-3-21-17(20)18-10-12-5-4-6-13(12)16(18)14-9-11(2)7-8-15(14)19/h11-16,19H,3-10H2,1-2H3. The van der Waals surface area contributed by atoms with Gasteiger partial charge in [0, 0.05) is 18.5 Å². The second-order valence-corrected chi connectivity index (χ2v) is 7.35. The van der Waals surface area contributed by atoms with E-state index in [2.05, 4.69) is 6.92 Å². The third-order valence-electron chi connectivity index (χ3n) is 6.01. The molecule has 120 valence electrons. The third kappa shape index (κ3) is 2.79. The molecule has 3 rings (SSSR count). The predicted molar refractivity (Wildman–Crippen MR) is 80.9 cm³/mol. The lowest BCUT2D eigenvalue weighted by Crippen LogP contribution is -2.48. The van der Waals surface area contributed by atoms with E-state index in [0.717, 1.165) is 25.8 Å². The molecule has 1 heterocycles. The van der Waals surface area contributed by atoms with E-state index in [-0.39, 0.29) is 24.2 Å². The number of hydrogen-bond donors (Lipinski definition) is 1. The number of nitrogens with zero attached hydrogens (tertiary/aromatic N) is 1. The first-order valence-corrected chi connectivity index (χ1v) is 8.73. The van der Waals surface area contributed by atoms with E-state index >= 15 is 0 Å². The van der Waals surface area contributed by atoms with E-state index < -0.39 is 0 Å². The normalized spacial score (nSPS) is 42.9. The fraction of sp³-hybridized carbons (Fsp3) is 0.941. The molecule has 1 aliphatic heterocycles. The number of carbonyl (C=O) groups excluding carboxylic acids is 1. The molecule has 21 heavy (non-hydrogen) atoms. The molecule has 0 bridgehead atoms. The van der Waals surface area contributed by atoms with Crippen molar-refractivity contribution in [3.63, 3.8) is 0 Å². The molecule has 2 aliphatic carbocycles. The van der Waals surface area contributed by atoms with Crippen LogP contribution in [0.1, 0.15) is 52.4 Å². The quantitative estimate of drug-likeness (QED) is 0.852. The van der Waals surface area contributed by atoms with Gasteiger partial charge in [-0.15, -0.1) is 0 Å². The van der Waals surface area contributed by atoms with Crippen molar-refractivity contribution in [1.29, 1.82) is 0 Å².